The molecule has 0 aliphatic carbocycles. The quantitative estimate of drug-likeness (QED) is 0.708. The summed E-state index contributed by atoms with van der Waals surface area (Å²) in [6.07, 6.45) is 2.26. The average molecular weight is 387 g/mol. The fraction of sp³-hybridized carbons (Fsp3) is 0.278. The Hall–Kier alpha value is -1.63. The second-order valence-corrected chi connectivity index (χ2v) is 6.18. The Morgan fingerprint density at radius 1 is 1.12 bits per heavy atom. The van der Waals surface area contributed by atoms with Crippen LogP contribution in [0.4, 0.5) is 8.78 Å². The molecule has 2 rings (SSSR count). The van der Waals surface area contributed by atoms with Crippen molar-refractivity contribution >= 4 is 30.1 Å². The van der Waals surface area contributed by atoms with Crippen LogP contribution >= 0.6 is 24.2 Å². The van der Waals surface area contributed by atoms with E-state index in [1.165, 1.54) is 6.07 Å². The van der Waals surface area contributed by atoms with Gasteiger partial charge in [-0.15, -0.1) is 24.2 Å². The van der Waals surface area contributed by atoms with Crippen LogP contribution < -0.4 is 10.6 Å². The lowest BCUT2D eigenvalue weighted by atomic mass is 9.98. The first-order chi connectivity index (χ1) is 11.5. The van der Waals surface area contributed by atoms with Crippen molar-refractivity contribution in [1.29, 1.82) is 0 Å². The van der Waals surface area contributed by atoms with Crippen LogP contribution in [0.15, 0.2) is 47.4 Å². The third kappa shape index (κ3) is 5.99. The number of rotatable bonds is 7. The van der Waals surface area contributed by atoms with Crippen molar-refractivity contribution in [2.24, 2.45) is 0 Å². The minimum absolute atomic E-state index is 0. The monoisotopic (exact) mass is 386 g/mol. The lowest BCUT2D eigenvalue weighted by Gasteiger charge is -2.21. The van der Waals surface area contributed by atoms with Crippen molar-refractivity contribution in [3.63, 3.8) is 0 Å². The molecule has 1 unspecified atom stereocenters. The van der Waals surface area contributed by atoms with Gasteiger partial charge < -0.3 is 10.6 Å². The molecule has 0 radical (unpaired) electrons. The predicted octanol–water partition coefficient (Wildman–Crippen LogP) is 3.92. The van der Waals surface area contributed by atoms with Crippen molar-refractivity contribution in [3.8, 4) is 0 Å². The molecule has 2 aromatic rings. The molecule has 0 aliphatic heterocycles. The van der Waals surface area contributed by atoms with Crippen molar-refractivity contribution in [3.05, 3.63) is 65.2 Å². The normalized spacial score (nSPS) is 11.5. The molecule has 0 heterocycles. The standard InChI is InChI=1S/C18H20F2N2OS.ClH/c1-21-9-8-17(23)22-18(12-4-3-5-14(10-12)24-2)13-6-7-15(19)16(20)11-13;/h3-7,10-11,18,21H,8-9H2,1-2H3,(H,22,23);1H. The largest absolute Gasteiger partial charge is 0.345 e. The van der Waals surface area contributed by atoms with Crippen LogP contribution in [-0.2, 0) is 4.79 Å². The maximum Gasteiger partial charge on any atom is 0.222 e. The maximum absolute atomic E-state index is 13.6. The van der Waals surface area contributed by atoms with Crippen molar-refractivity contribution < 1.29 is 13.6 Å². The van der Waals surface area contributed by atoms with Crippen LogP contribution in [0.1, 0.15) is 23.6 Å². The lowest BCUT2D eigenvalue weighted by Crippen LogP contribution is -2.31. The van der Waals surface area contributed by atoms with Gasteiger partial charge in [-0.05, 0) is 48.7 Å². The molecule has 7 heteroatoms. The number of carbonyl (C=O) groups is 1. The SMILES string of the molecule is CNCCC(=O)NC(c1cccc(SC)c1)c1ccc(F)c(F)c1.Cl. The van der Waals surface area contributed by atoms with E-state index in [-0.39, 0.29) is 18.3 Å². The minimum Gasteiger partial charge on any atom is -0.345 e. The maximum atomic E-state index is 13.6. The molecule has 0 fully saturated rings. The molecule has 2 N–H and O–H groups in total. The van der Waals surface area contributed by atoms with Gasteiger partial charge in [-0.3, -0.25) is 4.79 Å². The van der Waals surface area contributed by atoms with Crippen molar-refractivity contribution in [2.45, 2.75) is 17.4 Å². The van der Waals surface area contributed by atoms with Crippen LogP contribution in [0.2, 0.25) is 0 Å². The molecule has 0 bridgehead atoms. The van der Waals surface area contributed by atoms with E-state index < -0.39 is 17.7 Å². The Morgan fingerprint density at radius 2 is 1.84 bits per heavy atom. The molecule has 0 aromatic heterocycles. The number of amides is 1. The van der Waals surface area contributed by atoms with Crippen LogP contribution in [0, 0.1) is 11.6 Å². The van der Waals surface area contributed by atoms with Gasteiger partial charge in [0.2, 0.25) is 5.91 Å². The highest BCUT2D eigenvalue weighted by Crippen LogP contribution is 2.27. The Bertz CT molecular complexity index is 715. The van der Waals surface area contributed by atoms with Gasteiger partial charge in [0.05, 0.1) is 6.04 Å². The minimum atomic E-state index is -0.928. The number of hydrogen-bond acceptors (Lipinski definition) is 3. The predicted molar refractivity (Wildman–Crippen MR) is 100 cm³/mol. The summed E-state index contributed by atoms with van der Waals surface area (Å²) in [5.41, 5.74) is 1.33. The molecule has 0 spiro atoms. The third-order valence-corrected chi connectivity index (χ3v) is 4.34. The van der Waals surface area contributed by atoms with Gasteiger partial charge >= 0.3 is 0 Å². The molecule has 0 aliphatic rings. The first-order valence-electron chi connectivity index (χ1n) is 7.58. The first kappa shape index (κ1) is 21.4. The van der Waals surface area contributed by atoms with E-state index in [2.05, 4.69) is 10.6 Å². The van der Waals surface area contributed by atoms with E-state index in [9.17, 15) is 13.6 Å². The van der Waals surface area contributed by atoms with E-state index >= 15 is 0 Å². The highest BCUT2D eigenvalue weighted by molar-refractivity contribution is 7.98. The molecular formula is C18H21ClF2N2OS. The van der Waals surface area contributed by atoms with Gasteiger partial charge in [-0.2, -0.15) is 0 Å². The molecule has 0 saturated heterocycles. The Balaban J connectivity index is 0.00000312. The summed E-state index contributed by atoms with van der Waals surface area (Å²) in [5, 5.41) is 5.82. The van der Waals surface area contributed by atoms with Crippen molar-refractivity contribution in [2.75, 3.05) is 19.8 Å². The van der Waals surface area contributed by atoms with Crippen LogP contribution in [-0.4, -0.2) is 25.8 Å². The van der Waals surface area contributed by atoms with E-state index in [0.29, 0.717) is 18.5 Å². The van der Waals surface area contributed by atoms with Gasteiger partial charge in [0.25, 0.3) is 0 Å². The Kier molecular flexibility index (Phi) is 8.89. The topological polar surface area (TPSA) is 41.1 Å². The highest BCUT2D eigenvalue weighted by atomic mass is 35.5. The zero-order valence-electron chi connectivity index (χ0n) is 14.0. The zero-order valence-corrected chi connectivity index (χ0v) is 15.6. The van der Waals surface area contributed by atoms with E-state index in [1.807, 2.05) is 30.5 Å². The van der Waals surface area contributed by atoms with Crippen LogP contribution in [0.5, 0.6) is 0 Å². The average Bonchev–Trinajstić information content (AvgIpc) is 2.60. The number of benzene rings is 2. The molecule has 136 valence electrons. The molecule has 2 aromatic carbocycles. The molecular weight excluding hydrogens is 366 g/mol. The number of thioether (sulfide) groups is 1. The van der Waals surface area contributed by atoms with Crippen molar-refractivity contribution in [1.82, 2.24) is 10.6 Å². The second kappa shape index (κ2) is 10.4. The van der Waals surface area contributed by atoms with Crippen LogP contribution in [0.3, 0.4) is 0 Å². The summed E-state index contributed by atoms with van der Waals surface area (Å²) < 4.78 is 26.9. The Labute approximate surface area is 157 Å². The number of halogens is 3. The summed E-state index contributed by atoms with van der Waals surface area (Å²) in [7, 11) is 1.77. The zero-order chi connectivity index (χ0) is 17.5. The van der Waals surface area contributed by atoms with Gasteiger partial charge in [0.1, 0.15) is 0 Å². The highest BCUT2D eigenvalue weighted by Gasteiger charge is 2.18. The fourth-order valence-corrected chi connectivity index (χ4v) is 2.81. The van der Waals surface area contributed by atoms with Crippen LogP contribution in [0.25, 0.3) is 0 Å². The van der Waals surface area contributed by atoms with Gasteiger partial charge in [-0.1, -0.05) is 18.2 Å². The molecule has 1 atom stereocenters. The van der Waals surface area contributed by atoms with Gasteiger partial charge in [0, 0.05) is 17.9 Å². The van der Waals surface area contributed by atoms with E-state index in [4.69, 9.17) is 0 Å². The summed E-state index contributed by atoms with van der Waals surface area (Å²) in [4.78, 5) is 13.2. The summed E-state index contributed by atoms with van der Waals surface area (Å²) in [6.45, 7) is 0.543. The van der Waals surface area contributed by atoms with E-state index in [0.717, 1.165) is 22.6 Å². The second-order valence-electron chi connectivity index (χ2n) is 5.30. The fourth-order valence-electron chi connectivity index (χ4n) is 2.34. The van der Waals surface area contributed by atoms with E-state index in [1.54, 1.807) is 18.8 Å². The smallest absolute Gasteiger partial charge is 0.222 e. The molecule has 25 heavy (non-hydrogen) atoms. The summed E-state index contributed by atoms with van der Waals surface area (Å²) in [5.74, 6) is -1.99. The summed E-state index contributed by atoms with van der Waals surface area (Å²) in [6, 6.07) is 10.8. The molecule has 3 nitrogen and oxygen atoms in total. The van der Waals surface area contributed by atoms with Gasteiger partial charge in [-0.25, -0.2) is 8.78 Å². The number of nitrogens with one attached hydrogen (secondary N) is 2. The number of carbonyl (C=O) groups excluding carboxylic acids is 1. The number of hydrogen-bond donors (Lipinski definition) is 2. The Morgan fingerprint density at radius 3 is 2.48 bits per heavy atom. The lowest BCUT2D eigenvalue weighted by molar-refractivity contribution is -0.121. The van der Waals surface area contributed by atoms with Gasteiger partial charge in [0.15, 0.2) is 11.6 Å². The third-order valence-electron chi connectivity index (χ3n) is 3.61. The first-order valence-corrected chi connectivity index (χ1v) is 8.80. The molecule has 1 amide bonds. The molecule has 0 saturated carbocycles. The summed E-state index contributed by atoms with van der Waals surface area (Å²) >= 11 is 1.58.